The molecule has 0 spiro atoms. The van der Waals surface area contributed by atoms with Crippen LogP contribution in [0.5, 0.6) is 0 Å². The van der Waals surface area contributed by atoms with Crippen LogP contribution in [0.2, 0.25) is 0 Å². The average molecular weight is 360 g/mol. The van der Waals surface area contributed by atoms with Crippen molar-refractivity contribution < 1.29 is 9.59 Å². The minimum atomic E-state index is -0.464. The van der Waals surface area contributed by atoms with Crippen LogP contribution in [0, 0.1) is 5.92 Å². The summed E-state index contributed by atoms with van der Waals surface area (Å²) in [5.41, 5.74) is 8.20. The predicted octanol–water partition coefficient (Wildman–Crippen LogP) is 2.62. The summed E-state index contributed by atoms with van der Waals surface area (Å²) in [6.07, 6.45) is 2.61. The number of rotatable bonds is 7. The van der Waals surface area contributed by atoms with Gasteiger partial charge in [0.25, 0.3) is 0 Å². The maximum Gasteiger partial charge on any atom is 0.243 e. The third-order valence-electron chi connectivity index (χ3n) is 5.48. The van der Waals surface area contributed by atoms with Gasteiger partial charge >= 0.3 is 0 Å². The van der Waals surface area contributed by atoms with Crippen molar-refractivity contribution in [2.24, 2.45) is 11.7 Å². The monoisotopic (exact) mass is 359 g/mol. The lowest BCUT2D eigenvalue weighted by atomic mass is 9.91. The normalized spacial score (nSPS) is 17.2. The smallest absolute Gasteiger partial charge is 0.243 e. The molecule has 0 radical (unpaired) electrons. The highest BCUT2D eigenvalue weighted by Crippen LogP contribution is 2.25. The van der Waals surface area contributed by atoms with Crippen LogP contribution in [-0.4, -0.2) is 34.8 Å². The number of nitrogens with one attached hydrogen (secondary N) is 1. The fourth-order valence-corrected chi connectivity index (χ4v) is 3.37. The Kier molecular flexibility index (Phi) is 6.81. The zero-order valence-corrected chi connectivity index (χ0v) is 16.5. The maximum atomic E-state index is 12.9. The summed E-state index contributed by atoms with van der Waals surface area (Å²) in [6, 6.07) is 7.59. The number of fused-ring (bicyclic) bond motifs is 1. The molecule has 1 unspecified atom stereocenters. The fourth-order valence-electron chi connectivity index (χ4n) is 3.37. The number of hydrogen-bond acceptors (Lipinski definition) is 3. The molecule has 0 fully saturated rings. The van der Waals surface area contributed by atoms with Crippen LogP contribution >= 0.6 is 0 Å². The summed E-state index contributed by atoms with van der Waals surface area (Å²) in [5, 5.41) is 3.01. The summed E-state index contributed by atoms with van der Waals surface area (Å²) < 4.78 is 0. The summed E-state index contributed by atoms with van der Waals surface area (Å²) >= 11 is 0. The molecule has 0 bridgehead atoms. The second kappa shape index (κ2) is 8.67. The summed E-state index contributed by atoms with van der Waals surface area (Å²) in [5.74, 6) is 0.202. The Morgan fingerprint density at radius 2 is 1.85 bits per heavy atom. The van der Waals surface area contributed by atoms with Crippen LogP contribution < -0.4 is 11.1 Å². The molecule has 0 saturated carbocycles. The summed E-state index contributed by atoms with van der Waals surface area (Å²) in [7, 11) is 0. The third kappa shape index (κ3) is 4.85. The molecule has 144 valence electrons. The van der Waals surface area contributed by atoms with Gasteiger partial charge in [0.05, 0.1) is 0 Å². The molecule has 2 rings (SSSR count). The number of benzene rings is 1. The molecule has 3 N–H and O–H groups in total. The van der Waals surface area contributed by atoms with Gasteiger partial charge in [0.15, 0.2) is 0 Å². The largest absolute Gasteiger partial charge is 0.352 e. The Labute approximate surface area is 157 Å². The fraction of sp³-hybridized carbons (Fsp3) is 0.619. The predicted molar refractivity (Wildman–Crippen MR) is 104 cm³/mol. The van der Waals surface area contributed by atoms with Gasteiger partial charge in [-0.05, 0) is 29.9 Å². The number of carbonyl (C=O) groups excluding carboxylic acids is 2. The molecule has 5 heteroatoms. The van der Waals surface area contributed by atoms with E-state index in [-0.39, 0.29) is 17.7 Å². The lowest BCUT2D eigenvalue weighted by Crippen LogP contribution is -2.56. The number of carbonyl (C=O) groups is 2. The first-order chi connectivity index (χ1) is 12.3. The van der Waals surface area contributed by atoms with E-state index in [4.69, 9.17) is 5.73 Å². The van der Waals surface area contributed by atoms with Gasteiger partial charge in [0.1, 0.15) is 6.04 Å². The van der Waals surface area contributed by atoms with E-state index in [0.717, 1.165) is 24.0 Å². The zero-order valence-electron chi connectivity index (χ0n) is 16.5. The number of amides is 2. The Hall–Kier alpha value is -1.88. The number of nitrogens with zero attached hydrogens (tertiary/aromatic N) is 1. The third-order valence-corrected chi connectivity index (χ3v) is 5.48. The van der Waals surface area contributed by atoms with E-state index in [9.17, 15) is 9.59 Å². The molecule has 2 amide bonds. The van der Waals surface area contributed by atoms with Gasteiger partial charge < -0.3 is 16.0 Å². The maximum absolute atomic E-state index is 12.9. The van der Waals surface area contributed by atoms with Crippen molar-refractivity contribution in [3.8, 4) is 0 Å². The van der Waals surface area contributed by atoms with Crippen molar-refractivity contribution in [3.05, 3.63) is 35.4 Å². The van der Waals surface area contributed by atoms with Gasteiger partial charge in [-0.1, -0.05) is 52.0 Å². The first-order valence-corrected chi connectivity index (χ1v) is 9.72. The van der Waals surface area contributed by atoms with E-state index >= 15 is 0 Å². The van der Waals surface area contributed by atoms with Crippen molar-refractivity contribution in [2.75, 3.05) is 6.54 Å². The quantitative estimate of drug-likeness (QED) is 0.786. The van der Waals surface area contributed by atoms with Crippen LogP contribution in [0.25, 0.3) is 0 Å². The highest BCUT2D eigenvalue weighted by Gasteiger charge is 2.35. The molecule has 1 heterocycles. The van der Waals surface area contributed by atoms with Crippen molar-refractivity contribution in [1.82, 2.24) is 10.2 Å². The topological polar surface area (TPSA) is 75.4 Å². The highest BCUT2D eigenvalue weighted by atomic mass is 16.2. The van der Waals surface area contributed by atoms with Gasteiger partial charge in [-0.25, -0.2) is 0 Å². The molecule has 1 aromatic rings. The molecular formula is C21H33N3O2. The molecule has 0 aliphatic carbocycles. The SMILES string of the molecule is CCC(N)(CC)CNC(=O)C1Cc2ccccc2CN1C(=O)CC(C)C. The van der Waals surface area contributed by atoms with E-state index < -0.39 is 11.6 Å². The summed E-state index contributed by atoms with van der Waals surface area (Å²) in [6.45, 7) is 9.04. The van der Waals surface area contributed by atoms with Crippen molar-refractivity contribution in [3.63, 3.8) is 0 Å². The van der Waals surface area contributed by atoms with E-state index in [1.165, 1.54) is 0 Å². The van der Waals surface area contributed by atoms with E-state index in [1.54, 1.807) is 4.90 Å². The van der Waals surface area contributed by atoms with Crippen LogP contribution in [0.15, 0.2) is 24.3 Å². The van der Waals surface area contributed by atoms with Crippen molar-refractivity contribution >= 4 is 11.8 Å². The van der Waals surface area contributed by atoms with Crippen LogP contribution in [0.3, 0.4) is 0 Å². The van der Waals surface area contributed by atoms with E-state index in [2.05, 4.69) is 5.32 Å². The van der Waals surface area contributed by atoms with Crippen LogP contribution in [0.1, 0.15) is 58.1 Å². The second-order valence-corrected chi connectivity index (χ2v) is 7.90. The lowest BCUT2D eigenvalue weighted by Gasteiger charge is -2.37. The van der Waals surface area contributed by atoms with Gasteiger partial charge in [0.2, 0.25) is 11.8 Å². The molecule has 1 aromatic carbocycles. The second-order valence-electron chi connectivity index (χ2n) is 7.90. The van der Waals surface area contributed by atoms with Crippen LogP contribution in [-0.2, 0) is 22.6 Å². The standard InChI is InChI=1S/C21H33N3O2/c1-5-21(22,6-2)14-23-20(26)18-12-16-9-7-8-10-17(16)13-24(18)19(25)11-15(3)4/h7-10,15,18H,5-6,11-14,22H2,1-4H3,(H,23,26). The first-order valence-electron chi connectivity index (χ1n) is 9.72. The average Bonchev–Trinajstić information content (AvgIpc) is 2.64. The first kappa shape index (κ1) is 20.4. The number of hydrogen-bond donors (Lipinski definition) is 2. The van der Waals surface area contributed by atoms with E-state index in [1.807, 2.05) is 52.0 Å². The Morgan fingerprint density at radius 3 is 2.42 bits per heavy atom. The van der Waals surface area contributed by atoms with Gasteiger partial charge in [0, 0.05) is 31.5 Å². The van der Waals surface area contributed by atoms with Gasteiger partial charge in [-0.15, -0.1) is 0 Å². The van der Waals surface area contributed by atoms with Crippen molar-refractivity contribution in [1.29, 1.82) is 0 Å². The van der Waals surface area contributed by atoms with Crippen molar-refractivity contribution in [2.45, 2.75) is 71.5 Å². The zero-order chi connectivity index (χ0) is 19.3. The molecule has 26 heavy (non-hydrogen) atoms. The highest BCUT2D eigenvalue weighted by molar-refractivity contribution is 5.88. The number of nitrogens with two attached hydrogens (primary N) is 1. The van der Waals surface area contributed by atoms with Gasteiger partial charge in [-0.3, -0.25) is 9.59 Å². The van der Waals surface area contributed by atoms with E-state index in [0.29, 0.717) is 25.9 Å². The molecule has 1 atom stereocenters. The molecule has 0 aromatic heterocycles. The lowest BCUT2D eigenvalue weighted by molar-refractivity contribution is -0.142. The Morgan fingerprint density at radius 1 is 1.23 bits per heavy atom. The molecule has 5 nitrogen and oxygen atoms in total. The molecule has 1 aliphatic heterocycles. The molecular weight excluding hydrogens is 326 g/mol. The Balaban J connectivity index is 2.18. The molecule has 0 saturated heterocycles. The summed E-state index contributed by atoms with van der Waals surface area (Å²) in [4.78, 5) is 27.4. The minimum absolute atomic E-state index is 0.0413. The minimum Gasteiger partial charge on any atom is -0.352 e. The van der Waals surface area contributed by atoms with Gasteiger partial charge in [-0.2, -0.15) is 0 Å². The Bertz CT molecular complexity index is 638. The van der Waals surface area contributed by atoms with Crippen LogP contribution in [0.4, 0.5) is 0 Å². The molecule has 1 aliphatic rings.